The molecule has 0 unspecified atom stereocenters. The topological polar surface area (TPSA) is 64.0 Å². The molecule has 8 heteroatoms. The quantitative estimate of drug-likeness (QED) is 0.635. The number of amides is 1. The lowest BCUT2D eigenvalue weighted by molar-refractivity contribution is 0.103. The van der Waals surface area contributed by atoms with Crippen LogP contribution in [0.15, 0.2) is 29.3 Å². The number of benzene rings is 1. The molecule has 1 aromatic carbocycles. The Morgan fingerprint density at radius 2 is 2.00 bits per heavy atom. The van der Waals surface area contributed by atoms with Crippen LogP contribution in [-0.2, 0) is 6.54 Å². The zero-order valence-corrected chi connectivity index (χ0v) is 16.6. The maximum atomic E-state index is 12.7. The predicted octanol–water partition coefficient (Wildman–Crippen LogP) is 5.13. The summed E-state index contributed by atoms with van der Waals surface area (Å²) >= 11 is 13.4. The second kappa shape index (κ2) is 7.78. The fourth-order valence-electron chi connectivity index (χ4n) is 2.65. The molecule has 3 aromatic rings. The number of carbonyl (C=O) groups excluding carboxylic acids is 1. The summed E-state index contributed by atoms with van der Waals surface area (Å²) in [6.07, 6.45) is 3.43. The second-order valence-electron chi connectivity index (χ2n) is 5.88. The van der Waals surface area contributed by atoms with Crippen molar-refractivity contribution in [2.24, 2.45) is 0 Å². The van der Waals surface area contributed by atoms with Crippen LogP contribution < -0.4 is 10.9 Å². The van der Waals surface area contributed by atoms with Crippen LogP contribution in [0.2, 0.25) is 10.0 Å². The number of rotatable bonds is 5. The van der Waals surface area contributed by atoms with Gasteiger partial charge in [0.25, 0.3) is 11.5 Å². The first-order valence-electron chi connectivity index (χ1n) is 8.18. The fraction of sp³-hybridized carbons (Fsp3) is 0.278. The van der Waals surface area contributed by atoms with Gasteiger partial charge in [-0.1, -0.05) is 42.6 Å². The van der Waals surface area contributed by atoms with Crippen LogP contribution in [0.25, 0.3) is 10.2 Å². The molecule has 2 aromatic heterocycles. The smallest absolute Gasteiger partial charge is 0.266 e. The van der Waals surface area contributed by atoms with Gasteiger partial charge in [0.05, 0.1) is 32.3 Å². The Morgan fingerprint density at radius 1 is 1.31 bits per heavy atom. The van der Waals surface area contributed by atoms with Gasteiger partial charge in [0.15, 0.2) is 0 Å². The van der Waals surface area contributed by atoms with Gasteiger partial charge in [-0.05, 0) is 31.0 Å². The van der Waals surface area contributed by atoms with Crippen LogP contribution in [0.3, 0.4) is 0 Å². The first kappa shape index (κ1) is 18.9. The molecule has 0 aliphatic heterocycles. The van der Waals surface area contributed by atoms with Crippen molar-refractivity contribution in [1.82, 2.24) is 9.55 Å². The fourth-order valence-corrected chi connectivity index (χ4v) is 4.18. The van der Waals surface area contributed by atoms with E-state index in [1.807, 2.05) is 0 Å². The molecular formula is C18H17Cl2N3O2S. The van der Waals surface area contributed by atoms with Gasteiger partial charge < -0.3 is 5.32 Å². The van der Waals surface area contributed by atoms with E-state index in [9.17, 15) is 9.59 Å². The second-order valence-corrected chi connectivity index (χ2v) is 7.70. The summed E-state index contributed by atoms with van der Waals surface area (Å²) < 4.78 is 1.60. The minimum absolute atomic E-state index is 0.118. The summed E-state index contributed by atoms with van der Waals surface area (Å²) in [4.78, 5) is 30.8. The standard InChI is InChI=1S/C18H17Cl2N3O2S/c1-3-4-8-23-9-21-17-13(18(23)25)10(2)15(26-17)16(24)22-14-11(19)6-5-7-12(14)20/h5-7,9H,3-4,8H2,1-2H3,(H,22,24). The minimum atomic E-state index is -0.361. The van der Waals surface area contributed by atoms with E-state index in [1.54, 1.807) is 36.0 Å². The van der Waals surface area contributed by atoms with Gasteiger partial charge in [0.2, 0.25) is 0 Å². The Labute approximate surface area is 164 Å². The van der Waals surface area contributed by atoms with E-state index in [0.717, 1.165) is 12.8 Å². The largest absolute Gasteiger partial charge is 0.319 e. The number of aryl methyl sites for hydroxylation is 2. The first-order chi connectivity index (χ1) is 12.4. The number of thiophene rings is 1. The number of fused-ring (bicyclic) bond motifs is 1. The lowest BCUT2D eigenvalue weighted by Crippen LogP contribution is -2.20. The molecule has 5 nitrogen and oxygen atoms in total. The molecule has 0 saturated carbocycles. The highest BCUT2D eigenvalue weighted by atomic mass is 35.5. The predicted molar refractivity (Wildman–Crippen MR) is 108 cm³/mol. The van der Waals surface area contributed by atoms with Crippen molar-refractivity contribution in [1.29, 1.82) is 0 Å². The number of unbranched alkanes of at least 4 members (excludes halogenated alkanes) is 1. The van der Waals surface area contributed by atoms with Gasteiger partial charge in [-0.2, -0.15) is 0 Å². The lowest BCUT2D eigenvalue weighted by atomic mass is 10.2. The van der Waals surface area contributed by atoms with Gasteiger partial charge in [-0.25, -0.2) is 4.98 Å². The highest BCUT2D eigenvalue weighted by Crippen LogP contribution is 2.32. The number of hydrogen-bond acceptors (Lipinski definition) is 4. The molecule has 26 heavy (non-hydrogen) atoms. The summed E-state index contributed by atoms with van der Waals surface area (Å²) in [7, 11) is 0. The molecule has 0 saturated heterocycles. The van der Waals surface area contributed by atoms with E-state index in [2.05, 4.69) is 17.2 Å². The van der Waals surface area contributed by atoms with E-state index in [0.29, 0.717) is 42.9 Å². The number of anilines is 1. The lowest BCUT2D eigenvalue weighted by Gasteiger charge is -2.08. The number of hydrogen-bond donors (Lipinski definition) is 1. The Balaban J connectivity index is 2.00. The van der Waals surface area contributed by atoms with E-state index in [-0.39, 0.29) is 11.5 Å². The van der Waals surface area contributed by atoms with Gasteiger partial charge in [0, 0.05) is 6.54 Å². The van der Waals surface area contributed by atoms with E-state index >= 15 is 0 Å². The van der Waals surface area contributed by atoms with Gasteiger partial charge in [-0.3, -0.25) is 14.2 Å². The number of nitrogens with one attached hydrogen (secondary N) is 1. The molecule has 0 atom stereocenters. The SMILES string of the molecule is CCCCn1cnc2sc(C(=O)Nc3c(Cl)cccc3Cl)c(C)c2c1=O. The average Bonchev–Trinajstić information content (AvgIpc) is 2.95. The van der Waals surface area contributed by atoms with Gasteiger partial charge >= 0.3 is 0 Å². The molecule has 136 valence electrons. The molecule has 3 rings (SSSR count). The zero-order valence-electron chi connectivity index (χ0n) is 14.3. The van der Waals surface area contributed by atoms with Crippen molar-refractivity contribution in [3.05, 3.63) is 55.4 Å². The van der Waals surface area contributed by atoms with Crippen LogP contribution in [0.5, 0.6) is 0 Å². The van der Waals surface area contributed by atoms with Crippen molar-refractivity contribution in [2.45, 2.75) is 33.2 Å². The van der Waals surface area contributed by atoms with Gasteiger partial charge in [-0.15, -0.1) is 11.3 Å². The highest BCUT2D eigenvalue weighted by molar-refractivity contribution is 7.20. The van der Waals surface area contributed by atoms with Crippen LogP contribution in [-0.4, -0.2) is 15.5 Å². The molecule has 0 radical (unpaired) electrons. The normalized spacial score (nSPS) is 11.1. The molecule has 2 heterocycles. The van der Waals surface area contributed by atoms with Crippen molar-refractivity contribution in [2.75, 3.05) is 5.32 Å². The minimum Gasteiger partial charge on any atom is -0.319 e. The average molecular weight is 410 g/mol. The monoisotopic (exact) mass is 409 g/mol. The van der Waals surface area contributed by atoms with Crippen molar-refractivity contribution in [3.8, 4) is 0 Å². The van der Waals surface area contributed by atoms with E-state index in [4.69, 9.17) is 23.2 Å². The highest BCUT2D eigenvalue weighted by Gasteiger charge is 2.20. The Bertz CT molecular complexity index is 1020. The molecule has 1 N–H and O–H groups in total. The van der Waals surface area contributed by atoms with Crippen LogP contribution in [0, 0.1) is 6.92 Å². The summed E-state index contributed by atoms with van der Waals surface area (Å²) in [5, 5.41) is 3.93. The Kier molecular flexibility index (Phi) is 5.65. The Morgan fingerprint density at radius 3 is 2.65 bits per heavy atom. The maximum Gasteiger partial charge on any atom is 0.266 e. The number of carbonyl (C=O) groups is 1. The van der Waals surface area contributed by atoms with Gasteiger partial charge in [0.1, 0.15) is 4.83 Å². The van der Waals surface area contributed by atoms with Crippen molar-refractivity contribution in [3.63, 3.8) is 0 Å². The van der Waals surface area contributed by atoms with Crippen LogP contribution in [0.1, 0.15) is 35.0 Å². The number of aromatic nitrogens is 2. The van der Waals surface area contributed by atoms with E-state index in [1.165, 1.54) is 11.3 Å². The number of nitrogens with zero attached hydrogens (tertiary/aromatic N) is 2. The summed E-state index contributed by atoms with van der Waals surface area (Å²) in [6, 6.07) is 5.00. The third-order valence-electron chi connectivity index (χ3n) is 4.08. The molecule has 1 amide bonds. The molecule has 0 spiro atoms. The Hall–Kier alpha value is -1.89. The zero-order chi connectivity index (χ0) is 18.8. The van der Waals surface area contributed by atoms with E-state index < -0.39 is 0 Å². The molecule has 0 aliphatic carbocycles. The number of para-hydroxylation sites is 1. The first-order valence-corrected chi connectivity index (χ1v) is 9.75. The third-order valence-corrected chi connectivity index (χ3v) is 5.91. The van der Waals surface area contributed by atoms with Crippen molar-refractivity contribution < 1.29 is 4.79 Å². The van der Waals surface area contributed by atoms with Crippen LogP contribution >= 0.6 is 34.5 Å². The third kappa shape index (κ3) is 3.49. The summed E-state index contributed by atoms with van der Waals surface area (Å²) in [5.74, 6) is -0.361. The summed E-state index contributed by atoms with van der Waals surface area (Å²) in [5.41, 5.74) is 0.854. The van der Waals surface area contributed by atoms with Crippen LogP contribution in [0.4, 0.5) is 5.69 Å². The molecule has 0 bridgehead atoms. The maximum absolute atomic E-state index is 12.7. The van der Waals surface area contributed by atoms with Crippen molar-refractivity contribution >= 4 is 56.3 Å². The number of halogens is 2. The molecular weight excluding hydrogens is 393 g/mol. The summed E-state index contributed by atoms with van der Waals surface area (Å²) in [6.45, 7) is 4.44. The molecule has 0 aliphatic rings. The molecule has 0 fully saturated rings.